The van der Waals surface area contributed by atoms with E-state index in [0.717, 1.165) is 10.5 Å². The first kappa shape index (κ1) is 74.3. The van der Waals surface area contributed by atoms with Crippen LogP contribution in [0.5, 0.6) is 5.75 Å². The molecule has 35 nitrogen and oxygen atoms in total. The summed E-state index contributed by atoms with van der Waals surface area (Å²) in [6, 6.07) is 11.5. The summed E-state index contributed by atoms with van der Waals surface area (Å²) < 4.78 is 34.7. The van der Waals surface area contributed by atoms with Gasteiger partial charge in [-0.25, -0.2) is 0 Å². The summed E-state index contributed by atoms with van der Waals surface area (Å²) in [7, 11) is 0. The number of hydrogen-bond donors (Lipinski definition) is 21. The van der Waals surface area contributed by atoms with Crippen molar-refractivity contribution in [2.45, 2.75) is 166 Å². The highest BCUT2D eigenvalue weighted by atomic mass is 16.7. The van der Waals surface area contributed by atoms with Crippen molar-refractivity contribution in [3.8, 4) is 5.75 Å². The van der Waals surface area contributed by atoms with Gasteiger partial charge in [0.15, 0.2) is 24.4 Å². The molecule has 3 aromatic rings. The molecule has 5 aliphatic heterocycles. The predicted molar refractivity (Wildman–Crippen MR) is 331 cm³/mol. The Bertz CT molecular complexity index is 3130. The minimum Gasteiger partial charge on any atom is -0.462 e. The van der Waals surface area contributed by atoms with E-state index in [9.17, 15) is 90.4 Å². The molecule has 0 aliphatic carbocycles. The number of ether oxygens (including phenoxy) is 6. The minimum atomic E-state index is -2.26. The zero-order chi connectivity index (χ0) is 69.7. The van der Waals surface area contributed by atoms with Crippen LogP contribution in [0.4, 0.5) is 0 Å². The normalized spacial score (nSPS) is 31.6. The van der Waals surface area contributed by atoms with Crippen LogP contribution in [-0.4, -0.2) is 306 Å². The lowest BCUT2D eigenvalue weighted by Crippen LogP contribution is -2.70. The molecule has 5 aliphatic rings. The molecule has 20 unspecified atom stereocenters. The van der Waals surface area contributed by atoms with Crippen LogP contribution < -0.4 is 48.5 Å². The van der Waals surface area contributed by atoms with Crippen LogP contribution in [0.25, 0.3) is 6.08 Å². The Balaban J connectivity index is 1.00. The third-order valence-electron chi connectivity index (χ3n) is 17.1. The second-order valence-corrected chi connectivity index (χ2v) is 23.7. The van der Waals surface area contributed by atoms with Gasteiger partial charge in [0.25, 0.3) is 0 Å². The zero-order valence-electron chi connectivity index (χ0n) is 51.8. The van der Waals surface area contributed by atoms with Crippen molar-refractivity contribution in [3.63, 3.8) is 0 Å². The Morgan fingerprint density at radius 2 is 1.28 bits per heavy atom. The quantitative estimate of drug-likeness (QED) is 0.0218. The molecule has 0 aromatic heterocycles. The van der Waals surface area contributed by atoms with Gasteiger partial charge in [-0.05, 0) is 28.8 Å². The monoisotopic (exact) mass is 1360 g/mol. The van der Waals surface area contributed by atoms with E-state index in [1.165, 1.54) is 24.3 Å². The van der Waals surface area contributed by atoms with Crippen LogP contribution in [0.3, 0.4) is 0 Å². The smallest absolute Gasteiger partial charge is 0.246 e. The van der Waals surface area contributed by atoms with Crippen LogP contribution in [0.1, 0.15) is 29.5 Å². The first-order valence-corrected chi connectivity index (χ1v) is 30.8. The number of aldehydes is 1. The number of carbonyl (C=O) groups is 5. The van der Waals surface area contributed by atoms with Crippen LogP contribution >= 0.6 is 0 Å². The van der Waals surface area contributed by atoms with Gasteiger partial charge in [0, 0.05) is 12.3 Å². The van der Waals surface area contributed by atoms with Crippen molar-refractivity contribution in [1.29, 1.82) is 0 Å². The van der Waals surface area contributed by atoms with E-state index in [0.29, 0.717) is 5.56 Å². The molecule has 0 saturated carbocycles. The van der Waals surface area contributed by atoms with Crippen LogP contribution in [0, 0.1) is 0 Å². The number of aliphatic hydroxyl groups excluding tert-OH is 13. The average Bonchev–Trinajstić information content (AvgIpc) is 1.46. The van der Waals surface area contributed by atoms with E-state index in [2.05, 4.69) is 36.6 Å². The molecule has 35 heteroatoms. The molecule has 528 valence electrons. The topological polar surface area (TPSA) is 570 Å². The van der Waals surface area contributed by atoms with Crippen molar-refractivity contribution >= 4 is 47.9 Å². The molecular weight excluding hydrogens is 1270 g/mol. The van der Waals surface area contributed by atoms with Gasteiger partial charge in [-0.15, -0.1) is 0 Å². The molecule has 0 bridgehead atoms. The van der Waals surface area contributed by atoms with Crippen LogP contribution in [0.15, 0.2) is 101 Å². The van der Waals surface area contributed by atoms with E-state index in [1.54, 1.807) is 49.4 Å². The molecule has 24 N–H and O–H groups in total. The third kappa shape index (κ3) is 17.8. The highest BCUT2D eigenvalue weighted by molar-refractivity contribution is 5.96. The molecule has 3 saturated heterocycles. The number of aliphatic hydroxyl groups is 13. The lowest BCUT2D eigenvalue weighted by Gasteiger charge is -2.46. The Morgan fingerprint density at radius 3 is 1.92 bits per heavy atom. The summed E-state index contributed by atoms with van der Waals surface area (Å²) in [5.41, 5.74) is 20.4. The van der Waals surface area contributed by atoms with Gasteiger partial charge in [-0.3, -0.25) is 29.2 Å². The fourth-order valence-corrected chi connectivity index (χ4v) is 11.4. The fraction of sp³-hybridized carbons (Fsp3) is 0.557. The van der Waals surface area contributed by atoms with Crippen molar-refractivity contribution in [1.82, 2.24) is 31.5 Å². The molecule has 0 spiro atoms. The number of guanidine groups is 2. The maximum atomic E-state index is 15.0. The maximum Gasteiger partial charge on any atom is 0.246 e. The number of carbonyl (C=O) groups excluding carboxylic acids is 5. The molecule has 3 fully saturated rings. The molecule has 25 atom stereocenters. The number of hydrogen-bond acceptors (Lipinski definition) is 31. The van der Waals surface area contributed by atoms with E-state index in [-0.39, 0.29) is 43.3 Å². The summed E-state index contributed by atoms with van der Waals surface area (Å²) in [5, 5.41) is 154. The minimum absolute atomic E-state index is 0.0350. The molecule has 5 heterocycles. The highest BCUT2D eigenvalue weighted by Crippen LogP contribution is 2.32. The van der Waals surface area contributed by atoms with Crippen molar-refractivity contribution in [2.75, 3.05) is 46.1 Å². The summed E-state index contributed by atoms with van der Waals surface area (Å²) in [6.07, 6.45) is -27.2. The van der Waals surface area contributed by atoms with E-state index in [4.69, 9.17) is 45.6 Å². The SMILES string of the molecule is CC(c1ccccc1)[C@H](N)C(=O)N[C@@H](Cc1ccc(OC2OC(CO)C(OC3OC(COCC=Cc4ccccc4)C(O)C(O)C3O)C(O)C2O)cc1)C(=O)N[C@H](C(=O)N[C@H](C(=O)N[C@H](C=O)CO)C(O)C1CN=C(N)N1C1OC(CO)C(O)C(O)C1O)C(O)C1CN=C(N)N1. The Kier molecular flexibility index (Phi) is 26.4. The van der Waals surface area contributed by atoms with Gasteiger partial charge in [0.1, 0.15) is 122 Å². The second kappa shape index (κ2) is 34.2. The molecule has 8 rings (SSSR count). The first-order valence-electron chi connectivity index (χ1n) is 30.8. The number of amides is 4. The summed E-state index contributed by atoms with van der Waals surface area (Å²) >= 11 is 0. The zero-order valence-corrected chi connectivity index (χ0v) is 51.8. The predicted octanol–water partition coefficient (Wildman–Crippen LogP) is -9.96. The fourth-order valence-electron chi connectivity index (χ4n) is 11.4. The molecule has 3 aromatic carbocycles. The van der Waals surface area contributed by atoms with E-state index in [1.807, 2.05) is 30.3 Å². The van der Waals surface area contributed by atoms with Crippen molar-refractivity contribution < 1.29 is 119 Å². The van der Waals surface area contributed by atoms with Crippen molar-refractivity contribution in [2.24, 2.45) is 27.2 Å². The first-order chi connectivity index (χ1) is 45.9. The summed E-state index contributed by atoms with van der Waals surface area (Å²) in [6.45, 7) is -2.06. The molecular formula is C61H85N11O24. The van der Waals surface area contributed by atoms with Gasteiger partial charge >= 0.3 is 0 Å². The van der Waals surface area contributed by atoms with Gasteiger partial charge in [0.2, 0.25) is 29.9 Å². The summed E-state index contributed by atoms with van der Waals surface area (Å²) in [4.78, 5) is 79.2. The lowest BCUT2D eigenvalue weighted by molar-refractivity contribution is -0.353. The second-order valence-electron chi connectivity index (χ2n) is 23.7. The van der Waals surface area contributed by atoms with Gasteiger partial charge in [0.05, 0.1) is 64.2 Å². The molecule has 96 heavy (non-hydrogen) atoms. The van der Waals surface area contributed by atoms with Gasteiger partial charge < -0.3 is 148 Å². The number of nitrogens with zero attached hydrogens (tertiary/aromatic N) is 3. The van der Waals surface area contributed by atoms with Crippen LogP contribution in [0.2, 0.25) is 0 Å². The van der Waals surface area contributed by atoms with Gasteiger partial charge in [-0.1, -0.05) is 91.9 Å². The Morgan fingerprint density at radius 1 is 0.677 bits per heavy atom. The number of nitrogens with one attached hydrogen (secondary N) is 5. The van der Waals surface area contributed by atoms with Gasteiger partial charge in [-0.2, -0.15) is 0 Å². The number of aliphatic imine (C=N–C) groups is 2. The third-order valence-corrected chi connectivity index (χ3v) is 17.1. The number of nitrogens with two attached hydrogens (primary N) is 3. The summed E-state index contributed by atoms with van der Waals surface area (Å²) in [5.74, 6) is -6.16. The largest absolute Gasteiger partial charge is 0.462 e. The van der Waals surface area contributed by atoms with Crippen molar-refractivity contribution in [3.05, 3.63) is 108 Å². The maximum absolute atomic E-state index is 15.0. The Hall–Kier alpha value is -7.47. The average molecular weight is 1360 g/mol. The van der Waals surface area contributed by atoms with E-state index < -0.39 is 215 Å². The number of benzene rings is 3. The Labute approximate surface area is 549 Å². The standard InChI is InChI=1S/C61H85N11O24/c1-27(30-12-6-3-7-13-30)39(62)54(88)68-33(19-29-14-16-32(17-15-29)92-58-51(86)48(83)52(37(25-76)94-58)96-59-50(85)47(82)45(80)38(95-59)26-91-18-8-11-28-9-4-2-5-10-28)53(87)70-40(42(77)34-20-65-60(63)69-34)56(90)71-41(55(89)67-31(22-73)23-74)43(78)35-21-66-61(64)72(35)57-49(84)46(81)44(79)36(24-75)93-57/h2-17,22,27,31,33-52,57-59,74-86H,18-21,23-26,62H2,1H3,(H2,64,66)(H,67,89)(H,68,88)(H,70,87)(H,71,90)(H3,63,65,69)/t27?,31-,33+,34?,35?,36?,37?,38?,39+,40+,41+,42?,43?,44?,45?,46?,47?,48?,49?,50?,51?,52?,57?,58?,59?/m1/s1. The molecule has 4 amide bonds. The number of rotatable bonds is 30. The van der Waals surface area contributed by atoms with Crippen LogP contribution in [-0.2, 0) is 54.1 Å². The lowest BCUT2D eigenvalue weighted by atomic mass is 9.93. The molecule has 0 radical (unpaired) electrons. The van der Waals surface area contributed by atoms with E-state index >= 15 is 0 Å². The highest BCUT2D eigenvalue weighted by Gasteiger charge is 2.54.